The molecule has 2 aliphatic heterocycles. The number of fused-ring (bicyclic) bond motifs is 1. The molecule has 0 aliphatic carbocycles. The number of unbranched alkanes of at least 4 members (excludes halogenated alkanes) is 1. The van der Waals surface area contributed by atoms with Crippen molar-refractivity contribution >= 4 is 11.9 Å². The molecular weight excluding hydrogens is 454 g/mol. The van der Waals surface area contributed by atoms with Crippen molar-refractivity contribution in [1.82, 2.24) is 4.90 Å². The summed E-state index contributed by atoms with van der Waals surface area (Å²) in [4.78, 5) is 41.9. The number of amides is 1. The molecule has 6 nitrogen and oxygen atoms in total. The van der Waals surface area contributed by atoms with Gasteiger partial charge < -0.3 is 9.64 Å². The van der Waals surface area contributed by atoms with Crippen molar-refractivity contribution in [3.05, 3.63) is 108 Å². The van der Waals surface area contributed by atoms with E-state index in [1.807, 2.05) is 97.9 Å². The summed E-state index contributed by atoms with van der Waals surface area (Å²) in [6.07, 6.45) is 0.931. The average Bonchev–Trinajstić information content (AvgIpc) is 3.21. The summed E-state index contributed by atoms with van der Waals surface area (Å²) in [5.41, 5.74) is -0.0695. The number of benzene rings is 3. The highest BCUT2D eigenvalue weighted by molar-refractivity contribution is 6.05. The molecule has 0 aromatic heterocycles. The molecular formula is C30H31NO5. The Bertz CT molecular complexity index is 1140. The van der Waals surface area contributed by atoms with E-state index in [2.05, 4.69) is 0 Å². The lowest BCUT2D eigenvalue weighted by Crippen LogP contribution is -2.57. The molecule has 2 unspecified atom stereocenters. The molecule has 3 aromatic rings. The Hall–Kier alpha value is -3.48. The molecule has 0 saturated carbocycles. The van der Waals surface area contributed by atoms with Crippen LogP contribution in [-0.2, 0) is 36.2 Å². The summed E-state index contributed by atoms with van der Waals surface area (Å²) in [6.45, 7) is 2.92. The third kappa shape index (κ3) is 4.21. The monoisotopic (exact) mass is 485 g/mol. The first-order chi connectivity index (χ1) is 17.6. The van der Waals surface area contributed by atoms with Crippen LogP contribution in [0.1, 0.15) is 42.9 Å². The van der Waals surface area contributed by atoms with Crippen LogP contribution in [0.2, 0.25) is 0 Å². The number of carbonyl (C=O) groups is 2. The van der Waals surface area contributed by atoms with Crippen molar-refractivity contribution in [3.63, 3.8) is 0 Å². The molecule has 0 N–H and O–H groups in total. The second kappa shape index (κ2) is 10.2. The highest BCUT2D eigenvalue weighted by Crippen LogP contribution is 2.53. The Balaban J connectivity index is 1.58. The third-order valence-electron chi connectivity index (χ3n) is 7.23. The van der Waals surface area contributed by atoms with E-state index in [0.717, 1.165) is 29.5 Å². The number of carbonyl (C=O) groups excluding carboxylic acids is 2. The second-order valence-corrected chi connectivity index (χ2v) is 9.54. The van der Waals surface area contributed by atoms with Crippen molar-refractivity contribution in [2.24, 2.45) is 5.41 Å². The van der Waals surface area contributed by atoms with E-state index in [9.17, 15) is 9.59 Å². The molecule has 1 amide bonds. The zero-order valence-electron chi connectivity index (χ0n) is 20.5. The first-order valence-electron chi connectivity index (χ1n) is 12.6. The molecule has 0 spiro atoms. The second-order valence-electron chi connectivity index (χ2n) is 9.54. The zero-order valence-corrected chi connectivity index (χ0v) is 20.5. The Kier molecular flexibility index (Phi) is 6.90. The molecule has 186 valence electrons. The Morgan fingerprint density at radius 1 is 0.944 bits per heavy atom. The van der Waals surface area contributed by atoms with Gasteiger partial charge in [0, 0.05) is 13.0 Å². The molecule has 2 fully saturated rings. The molecule has 6 heteroatoms. The Morgan fingerprint density at radius 3 is 2.11 bits per heavy atom. The van der Waals surface area contributed by atoms with E-state index in [1.165, 1.54) is 0 Å². The van der Waals surface area contributed by atoms with Crippen LogP contribution in [0.25, 0.3) is 0 Å². The maximum absolute atomic E-state index is 14.2. The topological polar surface area (TPSA) is 65.1 Å². The smallest absolute Gasteiger partial charge is 0.324 e. The van der Waals surface area contributed by atoms with Crippen LogP contribution < -0.4 is 0 Å². The van der Waals surface area contributed by atoms with Gasteiger partial charge in [0.05, 0.1) is 13.2 Å². The van der Waals surface area contributed by atoms with Crippen molar-refractivity contribution < 1.29 is 24.1 Å². The summed E-state index contributed by atoms with van der Waals surface area (Å²) in [5, 5.41) is 0. The van der Waals surface area contributed by atoms with Crippen LogP contribution in [0.5, 0.6) is 0 Å². The van der Waals surface area contributed by atoms with E-state index < -0.39 is 23.1 Å². The van der Waals surface area contributed by atoms with Gasteiger partial charge in [0.2, 0.25) is 5.91 Å². The molecule has 0 bridgehead atoms. The van der Waals surface area contributed by atoms with Crippen molar-refractivity contribution in [2.75, 3.05) is 13.2 Å². The van der Waals surface area contributed by atoms with Gasteiger partial charge in [-0.1, -0.05) is 104 Å². The van der Waals surface area contributed by atoms with Crippen LogP contribution in [0, 0.1) is 5.41 Å². The van der Waals surface area contributed by atoms with Gasteiger partial charge in [0.15, 0.2) is 11.0 Å². The molecule has 5 rings (SSSR count). The van der Waals surface area contributed by atoms with Gasteiger partial charge in [0.25, 0.3) is 0 Å². The predicted molar refractivity (Wildman–Crippen MR) is 134 cm³/mol. The molecule has 3 aromatic carbocycles. The molecule has 2 heterocycles. The van der Waals surface area contributed by atoms with E-state index >= 15 is 0 Å². The fraction of sp³-hybridized carbons (Fsp3) is 0.333. The molecule has 0 radical (unpaired) electrons. The number of hydrogen-bond acceptors (Lipinski definition) is 5. The molecule has 36 heavy (non-hydrogen) atoms. The predicted octanol–water partition coefficient (Wildman–Crippen LogP) is 5.02. The summed E-state index contributed by atoms with van der Waals surface area (Å²) in [5.74, 6) is -0.821. The molecule has 2 atom stereocenters. The fourth-order valence-corrected chi connectivity index (χ4v) is 5.27. The summed E-state index contributed by atoms with van der Waals surface area (Å²) in [7, 11) is 0. The van der Waals surface area contributed by atoms with Gasteiger partial charge in [-0.25, -0.2) is 9.78 Å². The van der Waals surface area contributed by atoms with Gasteiger partial charge in [0.1, 0.15) is 6.10 Å². The van der Waals surface area contributed by atoms with E-state index in [4.69, 9.17) is 14.5 Å². The van der Waals surface area contributed by atoms with Gasteiger partial charge >= 0.3 is 5.97 Å². The van der Waals surface area contributed by atoms with Crippen LogP contribution >= 0.6 is 0 Å². The minimum absolute atomic E-state index is 0.0910. The highest BCUT2D eigenvalue weighted by atomic mass is 17.2. The fourth-order valence-electron chi connectivity index (χ4n) is 5.27. The normalized spacial score (nSPS) is 22.8. The number of likely N-dealkylation sites (tertiary alicyclic amines) is 1. The molecule has 2 aliphatic rings. The maximum atomic E-state index is 14.2. The van der Waals surface area contributed by atoms with Crippen LogP contribution in [0.4, 0.5) is 0 Å². The summed E-state index contributed by atoms with van der Waals surface area (Å²) < 4.78 is 5.74. The summed E-state index contributed by atoms with van der Waals surface area (Å²) in [6, 6.07) is 29.0. The minimum atomic E-state index is -1.52. The minimum Gasteiger partial charge on any atom is -0.465 e. The van der Waals surface area contributed by atoms with Crippen LogP contribution in [0.3, 0.4) is 0 Å². The largest absolute Gasteiger partial charge is 0.465 e. The van der Waals surface area contributed by atoms with E-state index in [-0.39, 0.29) is 25.5 Å². The van der Waals surface area contributed by atoms with Crippen molar-refractivity contribution in [2.45, 2.75) is 44.4 Å². The van der Waals surface area contributed by atoms with Crippen LogP contribution in [-0.4, -0.2) is 36.0 Å². The number of rotatable bonds is 8. The third-order valence-corrected chi connectivity index (χ3v) is 7.23. The number of ether oxygens (including phenoxy) is 1. The van der Waals surface area contributed by atoms with Gasteiger partial charge in [-0.3, -0.25) is 9.59 Å². The first kappa shape index (κ1) is 24.2. The molecule has 2 saturated heterocycles. The summed E-state index contributed by atoms with van der Waals surface area (Å²) >= 11 is 0. The Morgan fingerprint density at radius 2 is 1.53 bits per heavy atom. The van der Waals surface area contributed by atoms with Gasteiger partial charge in [-0.05, 0) is 23.1 Å². The number of hydrogen-bond donors (Lipinski definition) is 0. The number of esters is 1. The number of nitrogens with zero attached hydrogens (tertiary/aromatic N) is 1. The maximum Gasteiger partial charge on any atom is 0.324 e. The first-order valence-corrected chi connectivity index (χ1v) is 12.6. The lowest BCUT2D eigenvalue weighted by atomic mass is 9.68. The van der Waals surface area contributed by atoms with E-state index in [1.54, 1.807) is 4.90 Å². The van der Waals surface area contributed by atoms with Crippen LogP contribution in [0.15, 0.2) is 91.0 Å². The zero-order chi connectivity index (χ0) is 25.0. The highest BCUT2D eigenvalue weighted by Gasteiger charge is 2.68. The van der Waals surface area contributed by atoms with Crippen molar-refractivity contribution in [1.29, 1.82) is 0 Å². The Labute approximate surface area is 211 Å². The quantitative estimate of drug-likeness (QED) is 0.194. The SMILES string of the molecule is CCCCOC(=O)C12CC(c3ccccc3)(c3ccccc3)OOC1CN(Cc1ccccc1)C2=O. The van der Waals surface area contributed by atoms with Crippen molar-refractivity contribution in [3.8, 4) is 0 Å². The lowest BCUT2D eigenvalue weighted by molar-refractivity contribution is -0.417. The van der Waals surface area contributed by atoms with Gasteiger partial charge in [-0.15, -0.1) is 0 Å². The lowest BCUT2D eigenvalue weighted by Gasteiger charge is -2.45. The van der Waals surface area contributed by atoms with E-state index in [0.29, 0.717) is 6.54 Å². The van der Waals surface area contributed by atoms with Gasteiger partial charge in [-0.2, -0.15) is 0 Å². The average molecular weight is 486 g/mol. The standard InChI is InChI=1S/C30H31NO5/c1-2-3-19-34-28(33)29-22-30(24-15-9-5-10-16-24,25-17-11-6-12-18-25)36-35-26(29)21-31(27(29)32)20-23-13-7-4-8-14-23/h4-18,26H,2-3,19-22H2,1H3.